The molecule has 5 rings (SSSR count). The maximum atomic E-state index is 13.4. The number of fused-ring (bicyclic) bond motifs is 1. The Balaban J connectivity index is 1.45. The second-order valence-electron chi connectivity index (χ2n) is 8.79. The predicted molar refractivity (Wildman–Crippen MR) is 143 cm³/mol. The molecule has 1 fully saturated rings. The molecule has 0 bridgehead atoms. The molecular formula is C27H23F3N7O3-. The van der Waals surface area contributed by atoms with Crippen LogP contribution in [0.1, 0.15) is 22.4 Å². The average molecular weight is 551 g/mol. The van der Waals surface area contributed by atoms with Gasteiger partial charge in [0.1, 0.15) is 11.5 Å². The molecule has 2 aromatic carbocycles. The summed E-state index contributed by atoms with van der Waals surface area (Å²) in [5.74, 6) is -1.60. The van der Waals surface area contributed by atoms with E-state index in [0.717, 1.165) is 17.7 Å². The number of pyridine rings is 1. The summed E-state index contributed by atoms with van der Waals surface area (Å²) >= 11 is 0. The lowest BCUT2D eigenvalue weighted by Gasteiger charge is -2.31. The second-order valence-corrected chi connectivity index (χ2v) is 8.79. The molecule has 1 saturated heterocycles. The summed E-state index contributed by atoms with van der Waals surface area (Å²) in [5.41, 5.74) is 7.06. The van der Waals surface area contributed by atoms with Crippen LogP contribution in [-0.4, -0.2) is 61.0 Å². The van der Waals surface area contributed by atoms with Crippen LogP contribution in [0.4, 0.5) is 24.7 Å². The van der Waals surface area contributed by atoms with Crippen molar-refractivity contribution in [3.8, 4) is 0 Å². The third kappa shape index (κ3) is 5.78. The van der Waals surface area contributed by atoms with Crippen molar-refractivity contribution in [2.75, 3.05) is 36.5 Å². The van der Waals surface area contributed by atoms with Crippen LogP contribution in [0.15, 0.2) is 76.7 Å². The quantitative estimate of drug-likeness (QED) is 0.378. The van der Waals surface area contributed by atoms with Gasteiger partial charge in [0.05, 0.1) is 24.6 Å². The molecule has 1 unspecified atom stereocenters. The number of nitrogens with one attached hydrogen (secondary N) is 1. The number of alkyl halides is 3. The molecule has 1 aromatic heterocycles. The van der Waals surface area contributed by atoms with E-state index in [1.807, 2.05) is 36.4 Å². The minimum atomic E-state index is -4.70. The van der Waals surface area contributed by atoms with Gasteiger partial charge in [-0.2, -0.15) is 18.2 Å². The highest BCUT2D eigenvalue weighted by Crippen LogP contribution is 2.31. The number of morpholine rings is 1. The minimum Gasteiger partial charge on any atom is -0.770 e. The van der Waals surface area contributed by atoms with Crippen molar-refractivity contribution in [3.63, 3.8) is 0 Å². The first-order chi connectivity index (χ1) is 19.2. The Morgan fingerprint density at radius 1 is 1.07 bits per heavy atom. The first-order valence-electron chi connectivity index (χ1n) is 12.2. The van der Waals surface area contributed by atoms with Crippen LogP contribution in [0.5, 0.6) is 0 Å². The molecule has 3 heterocycles. The monoisotopic (exact) mass is 550 g/mol. The van der Waals surface area contributed by atoms with Gasteiger partial charge in [-0.25, -0.2) is 9.98 Å². The first-order valence-corrected chi connectivity index (χ1v) is 12.2. The molecular weight excluding hydrogens is 527 g/mol. The molecule has 206 valence electrons. The number of nitrogens with two attached hydrogens (primary N) is 1. The Labute approximate surface area is 226 Å². The number of amidine groups is 1. The van der Waals surface area contributed by atoms with E-state index in [4.69, 9.17) is 15.2 Å². The number of nitrogens with zero attached hydrogens (tertiary/aromatic N) is 5. The lowest BCUT2D eigenvalue weighted by Crippen LogP contribution is -2.38. The molecule has 2 aliphatic rings. The van der Waals surface area contributed by atoms with Crippen molar-refractivity contribution >= 4 is 35.0 Å². The van der Waals surface area contributed by atoms with Gasteiger partial charge in [0.2, 0.25) is 6.17 Å². The van der Waals surface area contributed by atoms with Gasteiger partial charge in [-0.3, -0.25) is 4.79 Å². The van der Waals surface area contributed by atoms with E-state index in [1.165, 1.54) is 4.90 Å². The molecule has 13 heteroatoms. The fraction of sp³-hybridized carbons (Fsp3) is 0.222. The van der Waals surface area contributed by atoms with Gasteiger partial charge in [0.25, 0.3) is 11.9 Å². The second kappa shape index (κ2) is 11.1. The number of amides is 1. The third-order valence-corrected chi connectivity index (χ3v) is 6.13. The minimum absolute atomic E-state index is 0.140. The number of hydrogen-bond donors (Lipinski definition) is 2. The van der Waals surface area contributed by atoms with Crippen molar-refractivity contribution in [3.05, 3.63) is 94.5 Å². The van der Waals surface area contributed by atoms with Gasteiger partial charge < -0.3 is 30.8 Å². The Kier molecular flexibility index (Phi) is 7.47. The number of aliphatic imine (C=N–C) groups is 2. The van der Waals surface area contributed by atoms with Crippen LogP contribution in [0, 0.1) is 0 Å². The van der Waals surface area contributed by atoms with E-state index in [2.05, 4.69) is 20.3 Å². The Morgan fingerprint density at radius 3 is 2.50 bits per heavy atom. The predicted octanol–water partition coefficient (Wildman–Crippen LogP) is 3.40. The third-order valence-electron chi connectivity index (χ3n) is 6.13. The number of benzodiazepines with no additional fused rings is 1. The lowest BCUT2D eigenvalue weighted by molar-refractivity contribution is -0.141. The number of halogens is 3. The molecule has 10 nitrogen and oxygen atoms in total. The van der Waals surface area contributed by atoms with Crippen molar-refractivity contribution in [2.24, 2.45) is 15.7 Å². The van der Waals surface area contributed by atoms with Gasteiger partial charge >= 0.3 is 6.18 Å². The Morgan fingerprint density at radius 2 is 1.77 bits per heavy atom. The van der Waals surface area contributed by atoms with E-state index in [0.29, 0.717) is 17.0 Å². The van der Waals surface area contributed by atoms with Crippen LogP contribution in [-0.2, 0) is 20.4 Å². The number of hydrogen-bond acceptors (Lipinski definition) is 7. The molecule has 3 N–H and O–H groups in total. The topological polar surface area (TPSA) is 137 Å². The lowest BCUT2D eigenvalue weighted by atomic mass is 10.0. The number of aromatic nitrogens is 1. The number of anilines is 2. The number of benzene rings is 2. The molecule has 1 amide bonds. The number of rotatable bonds is 4. The first kappa shape index (κ1) is 26.8. The molecule has 40 heavy (non-hydrogen) atoms. The van der Waals surface area contributed by atoms with Crippen LogP contribution >= 0.6 is 0 Å². The molecule has 0 aliphatic carbocycles. The number of carbonyl (C=O) groups is 1. The SMILES string of the molecule is [N-]=C(O/C(N)=N/C1N=C(c2ccccc2)c2ccccc2NC1=O)c1ccc(C(F)(F)F)nc1N1CCOCC1. The van der Waals surface area contributed by atoms with Crippen LogP contribution in [0.3, 0.4) is 0 Å². The molecule has 0 spiro atoms. The normalized spacial score (nSPS) is 17.8. The van der Waals surface area contributed by atoms with Crippen LogP contribution < -0.4 is 16.0 Å². The van der Waals surface area contributed by atoms with Gasteiger partial charge in [-0.15, -0.1) is 0 Å². The summed E-state index contributed by atoms with van der Waals surface area (Å²) in [7, 11) is 0. The van der Waals surface area contributed by atoms with Gasteiger partial charge in [-0.1, -0.05) is 48.5 Å². The molecule has 2 aliphatic heterocycles. The summed E-state index contributed by atoms with van der Waals surface area (Å²) in [5, 5.41) is 13.5. The maximum Gasteiger partial charge on any atom is 0.433 e. The summed E-state index contributed by atoms with van der Waals surface area (Å²) in [6, 6.07) is 17.4. The van der Waals surface area contributed by atoms with Gasteiger partial charge in [-0.05, 0) is 18.2 Å². The van der Waals surface area contributed by atoms with E-state index in [-0.39, 0.29) is 37.7 Å². The van der Waals surface area contributed by atoms with E-state index in [1.54, 1.807) is 18.2 Å². The van der Waals surface area contributed by atoms with Crippen molar-refractivity contribution in [2.45, 2.75) is 12.3 Å². The Hall–Kier alpha value is -4.78. The van der Waals surface area contributed by atoms with E-state index in [9.17, 15) is 23.4 Å². The zero-order valence-corrected chi connectivity index (χ0v) is 20.9. The van der Waals surface area contributed by atoms with Gasteiger partial charge in [0, 0.05) is 35.7 Å². The standard InChI is InChI=1S/C27H23F3N7O3/c28-27(29,30)20-11-10-18(24(34-20)37-12-14-39-15-13-37)22(31)40-26(32)36-23-25(38)33-19-9-5-4-8-17(19)21(35-23)16-6-2-1-3-7-16/h1-11,23H,12-15H2,(H2,32,36)(H,33,38)/q-1. The Bertz CT molecular complexity index is 1490. The summed E-state index contributed by atoms with van der Waals surface area (Å²) in [6.45, 7) is 1.03. The van der Waals surface area contributed by atoms with Gasteiger partial charge in [0.15, 0.2) is 0 Å². The smallest absolute Gasteiger partial charge is 0.433 e. The molecule has 0 saturated carbocycles. The highest BCUT2D eigenvalue weighted by atomic mass is 19.4. The summed E-state index contributed by atoms with van der Waals surface area (Å²) in [4.78, 5) is 26.8. The van der Waals surface area contributed by atoms with Crippen LogP contribution in [0.2, 0.25) is 0 Å². The number of ether oxygens (including phenoxy) is 2. The number of carbonyl (C=O) groups excluding carboxylic acids is 1. The largest absolute Gasteiger partial charge is 0.770 e. The molecule has 1 atom stereocenters. The zero-order chi connectivity index (χ0) is 28.3. The molecule has 3 aromatic rings. The summed E-state index contributed by atoms with van der Waals surface area (Å²) < 4.78 is 50.6. The highest BCUT2D eigenvalue weighted by molar-refractivity contribution is 6.19. The van der Waals surface area contributed by atoms with Crippen molar-refractivity contribution < 1.29 is 27.4 Å². The fourth-order valence-electron chi connectivity index (χ4n) is 4.25. The summed E-state index contributed by atoms with van der Waals surface area (Å²) in [6.07, 6.45) is -6.09. The zero-order valence-electron chi connectivity index (χ0n) is 20.9. The molecule has 0 radical (unpaired) electrons. The highest BCUT2D eigenvalue weighted by Gasteiger charge is 2.34. The fourth-order valence-corrected chi connectivity index (χ4v) is 4.25. The van der Waals surface area contributed by atoms with E-state index >= 15 is 0 Å². The maximum absolute atomic E-state index is 13.4. The average Bonchev–Trinajstić information content (AvgIpc) is 3.09. The van der Waals surface area contributed by atoms with Crippen molar-refractivity contribution in [1.82, 2.24) is 4.98 Å². The number of para-hydroxylation sites is 1. The van der Waals surface area contributed by atoms with Crippen LogP contribution in [0.25, 0.3) is 5.41 Å². The van der Waals surface area contributed by atoms with E-state index < -0.39 is 35.9 Å². The van der Waals surface area contributed by atoms with Crippen molar-refractivity contribution in [1.29, 1.82) is 0 Å².